The van der Waals surface area contributed by atoms with Crippen LogP contribution in [0.3, 0.4) is 0 Å². The van der Waals surface area contributed by atoms with Crippen LogP contribution in [0.4, 0.5) is 0 Å². The highest BCUT2D eigenvalue weighted by Crippen LogP contribution is 2.33. The minimum Gasteiger partial charge on any atom is -0.264 e. The molecule has 1 saturated carbocycles. The fourth-order valence-electron chi connectivity index (χ4n) is 2.19. The van der Waals surface area contributed by atoms with Gasteiger partial charge in [0.1, 0.15) is 0 Å². The molecule has 6 heteroatoms. The first-order valence-corrected chi connectivity index (χ1v) is 8.97. The average molecular weight is 367 g/mol. The van der Waals surface area contributed by atoms with Crippen molar-refractivity contribution < 1.29 is 8.42 Å². The molecule has 2 aromatic rings. The molecule has 0 atom stereocenters. The number of sulfonamides is 1. The summed E-state index contributed by atoms with van der Waals surface area (Å²) in [5.74, 6) is 0. The zero-order valence-electron chi connectivity index (χ0n) is 11.3. The fourth-order valence-corrected chi connectivity index (χ4v) is 4.12. The van der Waals surface area contributed by atoms with Crippen LogP contribution in [0.1, 0.15) is 18.4 Å². The number of halogens is 1. The average Bonchev–Trinajstić information content (AvgIpc) is 3.31. The molecule has 1 aromatic heterocycles. The third-order valence-corrected chi connectivity index (χ3v) is 5.88. The maximum atomic E-state index is 12.8. The molecule has 21 heavy (non-hydrogen) atoms. The molecule has 1 aromatic carbocycles. The van der Waals surface area contributed by atoms with Crippen LogP contribution in [0.2, 0.25) is 0 Å². The molecule has 0 radical (unpaired) electrons. The maximum absolute atomic E-state index is 12.8. The molecule has 110 valence electrons. The largest absolute Gasteiger partial charge is 0.264 e. The molecule has 1 aliphatic carbocycles. The third kappa shape index (κ3) is 3.33. The van der Waals surface area contributed by atoms with Gasteiger partial charge in [-0.2, -0.15) is 4.31 Å². The Kier molecular flexibility index (Phi) is 4.10. The summed E-state index contributed by atoms with van der Waals surface area (Å²) in [6.07, 6.45) is 5.26. The normalized spacial score (nSPS) is 15.3. The lowest BCUT2D eigenvalue weighted by Gasteiger charge is -2.22. The molecule has 0 bridgehead atoms. The third-order valence-electron chi connectivity index (χ3n) is 3.44. The van der Waals surface area contributed by atoms with Crippen LogP contribution in [-0.4, -0.2) is 23.7 Å². The predicted octanol–water partition coefficient (Wildman–Crippen LogP) is 3.20. The van der Waals surface area contributed by atoms with Crippen molar-refractivity contribution >= 4 is 26.0 Å². The second-order valence-corrected chi connectivity index (χ2v) is 7.90. The second-order valence-electron chi connectivity index (χ2n) is 5.10. The summed E-state index contributed by atoms with van der Waals surface area (Å²) in [7, 11) is -3.47. The Morgan fingerprint density at radius 2 is 1.90 bits per heavy atom. The fraction of sp³-hybridized carbons (Fsp3) is 0.267. The molecule has 1 fully saturated rings. The quantitative estimate of drug-likeness (QED) is 0.816. The Labute approximate surface area is 133 Å². The Morgan fingerprint density at radius 3 is 2.48 bits per heavy atom. The molecular formula is C15H15BrN2O2S. The van der Waals surface area contributed by atoms with E-state index in [-0.39, 0.29) is 6.04 Å². The van der Waals surface area contributed by atoms with Gasteiger partial charge in [-0.1, -0.05) is 22.0 Å². The van der Waals surface area contributed by atoms with E-state index in [2.05, 4.69) is 20.9 Å². The van der Waals surface area contributed by atoms with Crippen molar-refractivity contribution in [2.24, 2.45) is 0 Å². The van der Waals surface area contributed by atoms with E-state index >= 15 is 0 Å². The van der Waals surface area contributed by atoms with Gasteiger partial charge in [0.15, 0.2) is 0 Å². The molecule has 3 rings (SSSR count). The summed E-state index contributed by atoms with van der Waals surface area (Å²) in [5.41, 5.74) is 0.907. The van der Waals surface area contributed by atoms with Crippen LogP contribution in [0.5, 0.6) is 0 Å². The first-order valence-electron chi connectivity index (χ1n) is 6.74. The van der Waals surface area contributed by atoms with Crippen molar-refractivity contribution in [2.75, 3.05) is 0 Å². The van der Waals surface area contributed by atoms with Gasteiger partial charge < -0.3 is 0 Å². The van der Waals surface area contributed by atoms with Crippen molar-refractivity contribution in [2.45, 2.75) is 30.3 Å². The van der Waals surface area contributed by atoms with Gasteiger partial charge in [-0.15, -0.1) is 0 Å². The van der Waals surface area contributed by atoms with E-state index in [1.807, 2.05) is 12.1 Å². The van der Waals surface area contributed by atoms with Gasteiger partial charge in [-0.3, -0.25) is 4.98 Å². The van der Waals surface area contributed by atoms with E-state index in [1.165, 1.54) is 0 Å². The van der Waals surface area contributed by atoms with Crippen molar-refractivity contribution in [1.29, 1.82) is 0 Å². The Balaban J connectivity index is 1.91. The van der Waals surface area contributed by atoms with Crippen LogP contribution >= 0.6 is 15.9 Å². The first kappa shape index (κ1) is 14.7. The summed E-state index contributed by atoms with van der Waals surface area (Å²) >= 11 is 3.33. The van der Waals surface area contributed by atoms with E-state index < -0.39 is 10.0 Å². The van der Waals surface area contributed by atoms with E-state index in [0.717, 1.165) is 22.9 Å². The predicted molar refractivity (Wildman–Crippen MR) is 84.1 cm³/mol. The van der Waals surface area contributed by atoms with E-state index in [0.29, 0.717) is 11.4 Å². The first-order chi connectivity index (χ1) is 10.1. The molecule has 0 spiro atoms. The number of hydrogen-bond acceptors (Lipinski definition) is 3. The standard InChI is InChI=1S/C15H15BrN2O2S/c16-13-3-7-15(8-4-13)21(19,20)18(14-5-6-14)11-12-2-1-9-17-10-12/h1-4,7-10,14H,5-6,11H2. The summed E-state index contributed by atoms with van der Waals surface area (Å²) < 4.78 is 28.1. The summed E-state index contributed by atoms with van der Waals surface area (Å²) in [6.45, 7) is 0.372. The molecule has 0 amide bonds. The highest BCUT2D eigenvalue weighted by Gasteiger charge is 2.38. The van der Waals surface area contributed by atoms with Crippen molar-refractivity contribution in [1.82, 2.24) is 9.29 Å². The molecule has 1 aliphatic rings. The van der Waals surface area contributed by atoms with Crippen LogP contribution < -0.4 is 0 Å². The van der Waals surface area contributed by atoms with Crippen molar-refractivity contribution in [3.8, 4) is 0 Å². The Bertz CT molecular complexity index is 713. The van der Waals surface area contributed by atoms with Gasteiger partial charge >= 0.3 is 0 Å². The van der Waals surface area contributed by atoms with Crippen LogP contribution in [-0.2, 0) is 16.6 Å². The lowest BCUT2D eigenvalue weighted by Crippen LogP contribution is -2.32. The lowest BCUT2D eigenvalue weighted by atomic mass is 10.3. The topological polar surface area (TPSA) is 50.3 Å². The molecule has 0 aliphatic heterocycles. The highest BCUT2D eigenvalue weighted by atomic mass is 79.9. The SMILES string of the molecule is O=S(=O)(c1ccc(Br)cc1)N(Cc1cccnc1)C1CC1. The van der Waals surface area contributed by atoms with Crippen LogP contribution in [0, 0.1) is 0 Å². The number of aromatic nitrogens is 1. The molecule has 4 nitrogen and oxygen atoms in total. The number of benzene rings is 1. The second kappa shape index (κ2) is 5.87. The molecular weight excluding hydrogens is 352 g/mol. The maximum Gasteiger partial charge on any atom is 0.243 e. The number of nitrogens with zero attached hydrogens (tertiary/aromatic N) is 2. The monoisotopic (exact) mass is 366 g/mol. The summed E-state index contributed by atoms with van der Waals surface area (Å²) in [6, 6.07) is 10.6. The van der Waals surface area contributed by atoms with E-state index in [4.69, 9.17) is 0 Å². The van der Waals surface area contributed by atoms with Crippen LogP contribution in [0.25, 0.3) is 0 Å². The van der Waals surface area contributed by atoms with Gasteiger partial charge in [0.2, 0.25) is 10.0 Å². The van der Waals surface area contributed by atoms with Crippen molar-refractivity contribution in [3.05, 3.63) is 58.8 Å². The van der Waals surface area contributed by atoms with Gasteiger partial charge in [-0.05, 0) is 48.7 Å². The molecule has 0 N–H and O–H groups in total. The molecule has 1 heterocycles. The zero-order valence-corrected chi connectivity index (χ0v) is 13.7. The van der Waals surface area contributed by atoms with Gasteiger partial charge in [0.25, 0.3) is 0 Å². The minimum atomic E-state index is -3.47. The number of rotatable bonds is 5. The number of pyridine rings is 1. The molecule has 0 saturated heterocycles. The van der Waals surface area contributed by atoms with E-state index in [9.17, 15) is 8.42 Å². The minimum absolute atomic E-state index is 0.110. The smallest absolute Gasteiger partial charge is 0.243 e. The summed E-state index contributed by atoms with van der Waals surface area (Å²) in [4.78, 5) is 4.39. The Morgan fingerprint density at radius 1 is 1.19 bits per heavy atom. The number of hydrogen-bond donors (Lipinski definition) is 0. The lowest BCUT2D eigenvalue weighted by molar-refractivity contribution is 0.398. The molecule has 0 unspecified atom stereocenters. The summed E-state index contributed by atoms with van der Waals surface area (Å²) in [5, 5.41) is 0. The van der Waals surface area contributed by atoms with Gasteiger partial charge in [0, 0.05) is 29.5 Å². The van der Waals surface area contributed by atoms with E-state index in [1.54, 1.807) is 41.0 Å². The highest BCUT2D eigenvalue weighted by molar-refractivity contribution is 9.10. The van der Waals surface area contributed by atoms with Gasteiger partial charge in [0.05, 0.1) is 4.90 Å². The zero-order chi connectivity index (χ0) is 14.9. The van der Waals surface area contributed by atoms with Gasteiger partial charge in [-0.25, -0.2) is 8.42 Å². The van der Waals surface area contributed by atoms with Crippen LogP contribution in [0.15, 0.2) is 58.2 Å². The van der Waals surface area contributed by atoms with Crippen molar-refractivity contribution in [3.63, 3.8) is 0 Å². The Hall–Kier alpha value is -1.24.